The van der Waals surface area contributed by atoms with E-state index in [4.69, 9.17) is 19.7 Å². The second-order valence-corrected chi connectivity index (χ2v) is 12.4. The Balaban J connectivity index is 4.00. The van der Waals surface area contributed by atoms with E-state index >= 15 is 0 Å². The van der Waals surface area contributed by atoms with Gasteiger partial charge in [0, 0.05) is 20.1 Å². The van der Waals surface area contributed by atoms with Gasteiger partial charge in [-0.2, -0.15) is 0 Å². The summed E-state index contributed by atoms with van der Waals surface area (Å²) in [5.41, 5.74) is 4.77. The maximum Gasteiger partial charge on any atom is 0.332 e. The number of unbranched alkanes of at least 4 members (excludes halogenated alkanes) is 9. The molecule has 0 rings (SSSR count). The number of hydrogen-bond donors (Lipinski definition) is 2. The topological polar surface area (TPSA) is 108 Å². The van der Waals surface area contributed by atoms with Gasteiger partial charge in [0.1, 0.15) is 6.10 Å². The molecule has 8 heteroatoms. The SMILES string of the molecule is CCCCCCCCCCCCC(C)CC(C)COCC(COP(=O)(O)C(C)CN)OC(C)=O. The van der Waals surface area contributed by atoms with Crippen molar-refractivity contribution in [2.45, 2.75) is 123 Å². The first kappa shape index (κ1) is 33.5. The molecule has 0 heterocycles. The van der Waals surface area contributed by atoms with Crippen molar-refractivity contribution in [2.24, 2.45) is 17.6 Å². The van der Waals surface area contributed by atoms with Crippen molar-refractivity contribution in [2.75, 3.05) is 26.4 Å². The minimum atomic E-state index is -3.85. The Kier molecular flexibility index (Phi) is 20.4. The zero-order valence-corrected chi connectivity index (χ0v) is 23.5. The first-order valence-electron chi connectivity index (χ1n) is 13.5. The summed E-state index contributed by atoms with van der Waals surface area (Å²) < 4.78 is 28.2. The molecule has 34 heavy (non-hydrogen) atoms. The number of carbonyl (C=O) groups excluding carboxylic acids is 1. The third-order valence-corrected chi connectivity index (χ3v) is 8.08. The van der Waals surface area contributed by atoms with Crippen LogP contribution in [-0.2, 0) is 23.4 Å². The number of hydrogen-bond acceptors (Lipinski definition) is 6. The standard InChI is InChI=1S/C26H54NO6P/c1-6-7-8-9-10-11-12-13-14-15-16-22(2)17-23(3)19-31-20-26(33-25(5)28)21-32-34(29,30)24(4)18-27/h22-24,26H,6-21,27H2,1-5H3,(H,29,30). The molecule has 0 aromatic heterocycles. The quantitative estimate of drug-likeness (QED) is 0.0928. The number of carbonyl (C=O) groups is 1. The van der Waals surface area contributed by atoms with Gasteiger partial charge in [0.05, 0.1) is 18.9 Å². The average molecular weight is 508 g/mol. The molecule has 0 aliphatic rings. The van der Waals surface area contributed by atoms with Gasteiger partial charge >= 0.3 is 13.6 Å². The van der Waals surface area contributed by atoms with E-state index in [0.29, 0.717) is 18.4 Å². The van der Waals surface area contributed by atoms with E-state index in [0.717, 1.165) is 6.42 Å². The summed E-state index contributed by atoms with van der Waals surface area (Å²) >= 11 is 0. The molecule has 0 spiro atoms. The van der Waals surface area contributed by atoms with Crippen LogP contribution in [0.15, 0.2) is 0 Å². The monoisotopic (exact) mass is 507 g/mol. The summed E-state index contributed by atoms with van der Waals surface area (Å²) in [6.45, 7) is 10.1. The molecule has 0 saturated heterocycles. The van der Waals surface area contributed by atoms with Crippen LogP contribution in [0.1, 0.15) is 112 Å². The van der Waals surface area contributed by atoms with Crippen LogP contribution >= 0.6 is 7.60 Å². The Morgan fingerprint density at radius 2 is 1.44 bits per heavy atom. The summed E-state index contributed by atoms with van der Waals surface area (Å²) in [5, 5.41) is 0. The third-order valence-electron chi connectivity index (χ3n) is 6.24. The van der Waals surface area contributed by atoms with Crippen LogP contribution in [0.5, 0.6) is 0 Å². The second kappa shape index (κ2) is 20.7. The zero-order chi connectivity index (χ0) is 25.8. The van der Waals surface area contributed by atoms with Gasteiger partial charge in [-0.25, -0.2) is 0 Å². The Morgan fingerprint density at radius 1 is 0.882 bits per heavy atom. The van der Waals surface area contributed by atoms with Crippen LogP contribution in [0.2, 0.25) is 0 Å². The lowest BCUT2D eigenvalue weighted by atomic mass is 9.93. The van der Waals surface area contributed by atoms with Gasteiger partial charge in [0.25, 0.3) is 0 Å². The Morgan fingerprint density at radius 3 is 1.97 bits per heavy atom. The fourth-order valence-corrected chi connectivity index (χ4v) is 4.96. The van der Waals surface area contributed by atoms with Crippen molar-refractivity contribution in [3.8, 4) is 0 Å². The highest BCUT2D eigenvalue weighted by Gasteiger charge is 2.29. The molecule has 0 radical (unpaired) electrons. The molecular formula is C26H54NO6P. The van der Waals surface area contributed by atoms with E-state index in [2.05, 4.69) is 20.8 Å². The number of ether oxygens (including phenoxy) is 2. The Bertz CT molecular complexity index is 547. The first-order valence-corrected chi connectivity index (χ1v) is 15.2. The van der Waals surface area contributed by atoms with E-state index in [1.165, 1.54) is 77.6 Å². The highest BCUT2D eigenvalue weighted by atomic mass is 31.2. The van der Waals surface area contributed by atoms with Crippen LogP contribution in [0.3, 0.4) is 0 Å². The van der Waals surface area contributed by atoms with Crippen LogP contribution in [0.25, 0.3) is 0 Å². The zero-order valence-electron chi connectivity index (χ0n) is 22.6. The largest absolute Gasteiger partial charge is 0.458 e. The van der Waals surface area contributed by atoms with Gasteiger partial charge < -0.3 is 24.6 Å². The second-order valence-electron chi connectivity index (χ2n) is 10.1. The molecule has 204 valence electrons. The molecular weight excluding hydrogens is 453 g/mol. The van der Waals surface area contributed by atoms with Gasteiger partial charge in [0.15, 0.2) is 0 Å². The van der Waals surface area contributed by atoms with Gasteiger partial charge in [-0.05, 0) is 25.2 Å². The molecule has 0 aliphatic carbocycles. The van der Waals surface area contributed by atoms with E-state index < -0.39 is 25.3 Å². The predicted octanol–water partition coefficient (Wildman–Crippen LogP) is 6.46. The van der Waals surface area contributed by atoms with Gasteiger partial charge in [-0.15, -0.1) is 0 Å². The van der Waals surface area contributed by atoms with E-state index in [-0.39, 0.29) is 19.8 Å². The maximum atomic E-state index is 12.1. The summed E-state index contributed by atoms with van der Waals surface area (Å²) in [6, 6.07) is 0. The lowest BCUT2D eigenvalue weighted by molar-refractivity contribution is -0.151. The fourth-order valence-electron chi connectivity index (χ4n) is 4.05. The van der Waals surface area contributed by atoms with E-state index in [9.17, 15) is 14.3 Å². The molecule has 0 saturated carbocycles. The highest BCUT2D eigenvalue weighted by Crippen LogP contribution is 2.46. The van der Waals surface area contributed by atoms with Crippen molar-refractivity contribution < 1.29 is 28.3 Å². The fraction of sp³-hybridized carbons (Fsp3) is 0.962. The lowest BCUT2D eigenvalue weighted by Crippen LogP contribution is -2.29. The number of nitrogens with two attached hydrogens (primary N) is 1. The van der Waals surface area contributed by atoms with Crippen molar-refractivity contribution >= 4 is 13.6 Å². The predicted molar refractivity (Wildman–Crippen MR) is 140 cm³/mol. The molecule has 7 nitrogen and oxygen atoms in total. The van der Waals surface area contributed by atoms with Gasteiger partial charge in [0.2, 0.25) is 0 Å². The summed E-state index contributed by atoms with van der Waals surface area (Å²) in [6.07, 6.45) is 15.2. The first-order chi connectivity index (χ1) is 16.1. The van der Waals surface area contributed by atoms with Crippen LogP contribution in [0, 0.1) is 11.8 Å². The molecule has 0 amide bonds. The summed E-state index contributed by atoms with van der Waals surface area (Å²) in [5.74, 6) is 0.562. The molecule has 5 atom stereocenters. The van der Waals surface area contributed by atoms with Crippen LogP contribution in [-0.4, -0.2) is 49.0 Å². The minimum Gasteiger partial charge on any atom is -0.458 e. The molecule has 0 aromatic rings. The molecule has 3 N–H and O–H groups in total. The summed E-state index contributed by atoms with van der Waals surface area (Å²) in [7, 11) is -3.85. The normalized spacial score (nSPS) is 17.0. The van der Waals surface area contributed by atoms with E-state index in [1.807, 2.05) is 0 Å². The average Bonchev–Trinajstić information content (AvgIpc) is 2.77. The minimum absolute atomic E-state index is 0.0390. The van der Waals surface area contributed by atoms with Crippen LogP contribution in [0.4, 0.5) is 0 Å². The van der Waals surface area contributed by atoms with Crippen molar-refractivity contribution in [3.05, 3.63) is 0 Å². The number of esters is 1. The Labute approximate surface area is 209 Å². The van der Waals surface area contributed by atoms with Crippen molar-refractivity contribution in [1.82, 2.24) is 0 Å². The Hall–Kier alpha value is -0.460. The van der Waals surface area contributed by atoms with Crippen molar-refractivity contribution in [3.63, 3.8) is 0 Å². The summed E-state index contributed by atoms with van der Waals surface area (Å²) in [4.78, 5) is 21.3. The molecule has 0 bridgehead atoms. The lowest BCUT2D eigenvalue weighted by Gasteiger charge is -2.23. The van der Waals surface area contributed by atoms with E-state index in [1.54, 1.807) is 6.92 Å². The van der Waals surface area contributed by atoms with Gasteiger partial charge in [-0.3, -0.25) is 9.36 Å². The van der Waals surface area contributed by atoms with Crippen molar-refractivity contribution in [1.29, 1.82) is 0 Å². The van der Waals surface area contributed by atoms with Gasteiger partial charge in [-0.1, -0.05) is 91.4 Å². The smallest absolute Gasteiger partial charge is 0.332 e. The number of rotatable bonds is 23. The maximum absolute atomic E-state index is 12.1. The third kappa shape index (κ3) is 18.8. The molecule has 0 fully saturated rings. The highest BCUT2D eigenvalue weighted by molar-refractivity contribution is 7.53. The molecule has 0 aliphatic heterocycles. The van der Waals surface area contributed by atoms with Crippen LogP contribution < -0.4 is 5.73 Å². The molecule has 0 aromatic carbocycles. The molecule has 5 unspecified atom stereocenters.